The maximum absolute atomic E-state index is 12.4. The molecular formula is C20H19ClN4O2. The number of ether oxygens (including phenoxy) is 1. The first-order chi connectivity index (χ1) is 13.1. The molecule has 0 aliphatic rings. The Bertz CT molecular complexity index is 962. The Morgan fingerprint density at radius 2 is 1.96 bits per heavy atom. The number of halogens is 1. The molecule has 1 amide bonds. The van der Waals surface area contributed by atoms with E-state index in [4.69, 9.17) is 16.3 Å². The number of methoxy groups -OCH3 is 1. The van der Waals surface area contributed by atoms with Gasteiger partial charge in [0, 0.05) is 18.3 Å². The topological polar surface area (TPSA) is 76.1 Å². The van der Waals surface area contributed by atoms with E-state index in [0.29, 0.717) is 23.1 Å². The van der Waals surface area contributed by atoms with Crippen molar-refractivity contribution in [1.29, 1.82) is 0 Å². The van der Waals surface area contributed by atoms with Gasteiger partial charge in [0.15, 0.2) is 0 Å². The molecule has 7 heteroatoms. The van der Waals surface area contributed by atoms with Crippen LogP contribution in [0.4, 0.5) is 11.5 Å². The van der Waals surface area contributed by atoms with Crippen molar-refractivity contribution in [3.05, 3.63) is 76.7 Å². The third kappa shape index (κ3) is 4.74. The Kier molecular flexibility index (Phi) is 5.88. The normalized spacial score (nSPS) is 10.3. The molecule has 0 saturated carbocycles. The van der Waals surface area contributed by atoms with E-state index in [1.165, 1.54) is 6.33 Å². The molecule has 0 aliphatic carbocycles. The number of hydrogen-bond donors (Lipinski definition) is 2. The number of aryl methyl sites for hydroxylation is 1. The Morgan fingerprint density at radius 1 is 1.15 bits per heavy atom. The summed E-state index contributed by atoms with van der Waals surface area (Å²) in [5, 5.41) is 6.46. The first-order valence-electron chi connectivity index (χ1n) is 8.32. The summed E-state index contributed by atoms with van der Waals surface area (Å²) in [7, 11) is 1.56. The van der Waals surface area contributed by atoms with Gasteiger partial charge in [-0.15, -0.1) is 0 Å². The second-order valence-electron chi connectivity index (χ2n) is 5.87. The van der Waals surface area contributed by atoms with Crippen LogP contribution in [0.2, 0.25) is 5.02 Å². The van der Waals surface area contributed by atoms with Crippen LogP contribution < -0.4 is 15.4 Å². The Balaban J connectivity index is 1.68. The van der Waals surface area contributed by atoms with E-state index < -0.39 is 0 Å². The van der Waals surface area contributed by atoms with Crippen molar-refractivity contribution < 1.29 is 9.53 Å². The Labute approximate surface area is 162 Å². The highest BCUT2D eigenvalue weighted by molar-refractivity contribution is 6.32. The number of aromatic nitrogens is 2. The summed E-state index contributed by atoms with van der Waals surface area (Å²) in [5.41, 5.74) is 3.19. The number of benzene rings is 2. The molecule has 3 rings (SSSR count). The van der Waals surface area contributed by atoms with Crippen LogP contribution in [0.3, 0.4) is 0 Å². The van der Waals surface area contributed by atoms with Gasteiger partial charge in [-0.1, -0.05) is 35.9 Å². The molecule has 1 heterocycles. The van der Waals surface area contributed by atoms with Crippen molar-refractivity contribution in [2.24, 2.45) is 0 Å². The van der Waals surface area contributed by atoms with E-state index in [1.54, 1.807) is 25.3 Å². The number of nitrogens with zero attached hydrogens (tertiary/aromatic N) is 2. The van der Waals surface area contributed by atoms with Crippen LogP contribution >= 0.6 is 11.6 Å². The zero-order chi connectivity index (χ0) is 19.2. The van der Waals surface area contributed by atoms with Crippen molar-refractivity contribution in [2.75, 3.05) is 12.4 Å². The fourth-order valence-corrected chi connectivity index (χ4v) is 2.77. The molecule has 0 atom stereocenters. The molecular weight excluding hydrogens is 364 g/mol. The van der Waals surface area contributed by atoms with Gasteiger partial charge in [-0.25, -0.2) is 9.97 Å². The van der Waals surface area contributed by atoms with Crippen molar-refractivity contribution in [3.63, 3.8) is 0 Å². The van der Waals surface area contributed by atoms with Crippen LogP contribution in [-0.4, -0.2) is 23.0 Å². The number of nitrogens with one attached hydrogen (secondary N) is 2. The number of hydrogen-bond acceptors (Lipinski definition) is 5. The fraction of sp³-hybridized carbons (Fsp3) is 0.150. The number of rotatable bonds is 6. The molecule has 3 aromatic rings. The standard InChI is InChI=1S/C20H19ClN4O2/c1-13-5-3-4-6-14(13)11-22-20(26)17-10-19(24-12-23-17)25-15-7-8-18(27-2)16(21)9-15/h3-10,12H,11H2,1-2H3,(H,22,26)(H,23,24,25). The van der Waals surface area contributed by atoms with Gasteiger partial charge in [-0.05, 0) is 36.2 Å². The lowest BCUT2D eigenvalue weighted by molar-refractivity contribution is 0.0945. The highest BCUT2D eigenvalue weighted by Gasteiger charge is 2.10. The van der Waals surface area contributed by atoms with Crippen LogP contribution in [0, 0.1) is 6.92 Å². The van der Waals surface area contributed by atoms with Crippen molar-refractivity contribution in [3.8, 4) is 5.75 Å². The van der Waals surface area contributed by atoms with Gasteiger partial charge in [0.25, 0.3) is 5.91 Å². The third-order valence-corrected chi connectivity index (χ3v) is 4.32. The van der Waals surface area contributed by atoms with Crippen LogP contribution in [0.5, 0.6) is 5.75 Å². The molecule has 6 nitrogen and oxygen atoms in total. The summed E-state index contributed by atoms with van der Waals surface area (Å²) in [4.78, 5) is 20.6. The minimum atomic E-state index is -0.267. The summed E-state index contributed by atoms with van der Waals surface area (Å²) in [6, 6.07) is 14.8. The zero-order valence-electron chi connectivity index (χ0n) is 15.0. The quantitative estimate of drug-likeness (QED) is 0.670. The number of carbonyl (C=O) groups excluding carboxylic acids is 1. The molecule has 1 aromatic heterocycles. The summed E-state index contributed by atoms with van der Waals surface area (Å²) in [5.74, 6) is 0.810. The largest absolute Gasteiger partial charge is 0.495 e. The predicted molar refractivity (Wildman–Crippen MR) is 106 cm³/mol. The first-order valence-corrected chi connectivity index (χ1v) is 8.70. The fourth-order valence-electron chi connectivity index (χ4n) is 2.52. The molecule has 0 unspecified atom stereocenters. The van der Waals surface area contributed by atoms with Gasteiger partial charge < -0.3 is 15.4 Å². The molecule has 138 valence electrons. The van der Waals surface area contributed by atoms with Crippen molar-refractivity contribution >= 4 is 29.0 Å². The highest BCUT2D eigenvalue weighted by atomic mass is 35.5. The molecule has 0 aliphatic heterocycles. The van der Waals surface area contributed by atoms with Gasteiger partial charge in [0.2, 0.25) is 0 Å². The van der Waals surface area contributed by atoms with Crippen LogP contribution in [0.25, 0.3) is 0 Å². The molecule has 0 bridgehead atoms. The van der Waals surface area contributed by atoms with Gasteiger partial charge in [0.05, 0.1) is 12.1 Å². The van der Waals surface area contributed by atoms with E-state index in [2.05, 4.69) is 20.6 Å². The minimum absolute atomic E-state index is 0.267. The summed E-state index contributed by atoms with van der Waals surface area (Å²) in [6.45, 7) is 2.44. The number of carbonyl (C=O) groups is 1. The summed E-state index contributed by atoms with van der Waals surface area (Å²) in [6.07, 6.45) is 1.34. The monoisotopic (exact) mass is 382 g/mol. The summed E-state index contributed by atoms with van der Waals surface area (Å²) >= 11 is 6.13. The van der Waals surface area contributed by atoms with Crippen LogP contribution in [0.1, 0.15) is 21.6 Å². The SMILES string of the molecule is COc1ccc(Nc2cc(C(=O)NCc3ccccc3C)ncn2)cc1Cl. The highest BCUT2D eigenvalue weighted by Crippen LogP contribution is 2.28. The lowest BCUT2D eigenvalue weighted by Crippen LogP contribution is -2.24. The maximum Gasteiger partial charge on any atom is 0.270 e. The average molecular weight is 383 g/mol. The van der Waals surface area contributed by atoms with E-state index in [-0.39, 0.29) is 11.6 Å². The van der Waals surface area contributed by atoms with Gasteiger partial charge in [-0.3, -0.25) is 4.79 Å². The van der Waals surface area contributed by atoms with E-state index in [0.717, 1.165) is 16.8 Å². The second-order valence-corrected chi connectivity index (χ2v) is 6.28. The summed E-state index contributed by atoms with van der Waals surface area (Å²) < 4.78 is 5.13. The Morgan fingerprint density at radius 3 is 2.70 bits per heavy atom. The molecule has 2 N–H and O–H groups in total. The average Bonchev–Trinajstić information content (AvgIpc) is 2.67. The predicted octanol–water partition coefficient (Wildman–Crippen LogP) is 4.12. The molecule has 0 spiro atoms. The number of anilines is 2. The van der Waals surface area contributed by atoms with Gasteiger partial charge in [-0.2, -0.15) is 0 Å². The van der Waals surface area contributed by atoms with E-state index in [1.807, 2.05) is 37.3 Å². The second kappa shape index (κ2) is 8.51. The number of amides is 1. The lowest BCUT2D eigenvalue weighted by atomic mass is 10.1. The maximum atomic E-state index is 12.4. The molecule has 0 saturated heterocycles. The van der Waals surface area contributed by atoms with Crippen molar-refractivity contribution in [2.45, 2.75) is 13.5 Å². The van der Waals surface area contributed by atoms with Gasteiger partial charge >= 0.3 is 0 Å². The first kappa shape index (κ1) is 18.7. The van der Waals surface area contributed by atoms with E-state index >= 15 is 0 Å². The Hall–Kier alpha value is -3.12. The third-order valence-electron chi connectivity index (χ3n) is 4.02. The van der Waals surface area contributed by atoms with Crippen LogP contribution in [-0.2, 0) is 6.54 Å². The zero-order valence-corrected chi connectivity index (χ0v) is 15.7. The minimum Gasteiger partial charge on any atom is -0.495 e. The van der Waals surface area contributed by atoms with Crippen LogP contribution in [0.15, 0.2) is 54.9 Å². The smallest absolute Gasteiger partial charge is 0.270 e. The molecule has 27 heavy (non-hydrogen) atoms. The molecule has 2 aromatic carbocycles. The lowest BCUT2D eigenvalue weighted by Gasteiger charge is -2.10. The van der Waals surface area contributed by atoms with Gasteiger partial charge in [0.1, 0.15) is 23.6 Å². The van der Waals surface area contributed by atoms with E-state index in [9.17, 15) is 4.79 Å². The molecule has 0 radical (unpaired) electrons. The molecule has 0 fully saturated rings. The van der Waals surface area contributed by atoms with Crippen molar-refractivity contribution in [1.82, 2.24) is 15.3 Å².